The van der Waals surface area contributed by atoms with Gasteiger partial charge >= 0.3 is 0 Å². The molecule has 2 rings (SSSR count). The van der Waals surface area contributed by atoms with Gasteiger partial charge in [-0.15, -0.1) is 0 Å². The lowest BCUT2D eigenvalue weighted by Gasteiger charge is -2.11. The number of rotatable bonds is 2. The third-order valence-electron chi connectivity index (χ3n) is 2.36. The number of aliphatic hydroxyl groups is 1. The van der Waals surface area contributed by atoms with Gasteiger partial charge in [0.25, 0.3) is 0 Å². The van der Waals surface area contributed by atoms with Crippen molar-refractivity contribution in [3.05, 3.63) is 29.3 Å². The summed E-state index contributed by atoms with van der Waals surface area (Å²) in [6.07, 6.45) is 0.319. The highest BCUT2D eigenvalue weighted by Gasteiger charge is 2.18. The zero-order valence-corrected chi connectivity index (χ0v) is 7.36. The largest absolute Gasteiger partial charge is 0.493 e. The molecule has 1 aliphatic heterocycles. The highest BCUT2D eigenvalue weighted by atomic mass is 16.5. The van der Waals surface area contributed by atoms with Crippen LogP contribution in [0.1, 0.15) is 17.2 Å². The SMILES string of the molecule is NCC(O)c1cccc2c1CCO2. The summed E-state index contributed by atoms with van der Waals surface area (Å²) in [6.45, 7) is 0.972. The Morgan fingerprint density at radius 1 is 1.54 bits per heavy atom. The number of fused-ring (bicyclic) bond motifs is 1. The van der Waals surface area contributed by atoms with E-state index in [2.05, 4.69) is 0 Å². The molecule has 1 aliphatic rings. The maximum Gasteiger partial charge on any atom is 0.122 e. The molecule has 3 heteroatoms. The van der Waals surface area contributed by atoms with Gasteiger partial charge in [-0.3, -0.25) is 0 Å². The van der Waals surface area contributed by atoms with Crippen LogP contribution in [0.4, 0.5) is 0 Å². The van der Waals surface area contributed by atoms with E-state index in [9.17, 15) is 5.11 Å². The van der Waals surface area contributed by atoms with Crippen molar-refractivity contribution in [3.8, 4) is 5.75 Å². The van der Waals surface area contributed by atoms with Crippen LogP contribution in [-0.4, -0.2) is 18.3 Å². The third-order valence-corrected chi connectivity index (χ3v) is 2.36. The molecule has 0 aromatic heterocycles. The predicted octanol–water partition coefficient (Wildman–Crippen LogP) is 0.614. The molecule has 1 aromatic carbocycles. The Bertz CT molecular complexity index is 312. The molecule has 0 saturated carbocycles. The fourth-order valence-corrected chi connectivity index (χ4v) is 1.69. The molecule has 1 aromatic rings. The summed E-state index contributed by atoms with van der Waals surface area (Å²) in [5.74, 6) is 0.894. The van der Waals surface area contributed by atoms with Crippen LogP contribution in [0.5, 0.6) is 5.75 Å². The molecule has 3 N–H and O–H groups in total. The van der Waals surface area contributed by atoms with Gasteiger partial charge in [0.2, 0.25) is 0 Å². The zero-order chi connectivity index (χ0) is 9.26. The minimum atomic E-state index is -0.559. The monoisotopic (exact) mass is 179 g/mol. The molecule has 1 heterocycles. The molecule has 3 nitrogen and oxygen atoms in total. The summed E-state index contributed by atoms with van der Waals surface area (Å²) in [6, 6.07) is 5.72. The third kappa shape index (κ3) is 1.41. The molecule has 0 bridgehead atoms. The molecular weight excluding hydrogens is 166 g/mol. The van der Waals surface area contributed by atoms with E-state index < -0.39 is 6.10 Å². The first-order valence-electron chi connectivity index (χ1n) is 4.45. The van der Waals surface area contributed by atoms with Gasteiger partial charge in [-0.2, -0.15) is 0 Å². The topological polar surface area (TPSA) is 55.5 Å². The number of hydrogen-bond acceptors (Lipinski definition) is 3. The van der Waals surface area contributed by atoms with Gasteiger partial charge in [0, 0.05) is 18.5 Å². The highest BCUT2D eigenvalue weighted by Crippen LogP contribution is 2.31. The van der Waals surface area contributed by atoms with Crippen molar-refractivity contribution in [1.29, 1.82) is 0 Å². The van der Waals surface area contributed by atoms with Gasteiger partial charge in [-0.05, 0) is 11.6 Å². The first-order valence-corrected chi connectivity index (χ1v) is 4.45. The second-order valence-electron chi connectivity index (χ2n) is 3.17. The summed E-state index contributed by atoms with van der Waals surface area (Å²) in [7, 11) is 0. The van der Waals surface area contributed by atoms with Crippen molar-refractivity contribution in [2.24, 2.45) is 5.73 Å². The average Bonchev–Trinajstić information content (AvgIpc) is 2.63. The van der Waals surface area contributed by atoms with Gasteiger partial charge in [0.1, 0.15) is 5.75 Å². The molecule has 0 saturated heterocycles. The van der Waals surface area contributed by atoms with Gasteiger partial charge < -0.3 is 15.6 Å². The van der Waals surface area contributed by atoms with Crippen LogP contribution in [0.15, 0.2) is 18.2 Å². The summed E-state index contributed by atoms with van der Waals surface area (Å²) in [5.41, 5.74) is 7.43. The van der Waals surface area contributed by atoms with Crippen LogP contribution in [0.2, 0.25) is 0 Å². The molecule has 0 fully saturated rings. The maximum absolute atomic E-state index is 9.61. The lowest BCUT2D eigenvalue weighted by atomic mass is 10.0. The number of hydrogen-bond donors (Lipinski definition) is 2. The van der Waals surface area contributed by atoms with Crippen molar-refractivity contribution in [2.75, 3.05) is 13.2 Å². The van der Waals surface area contributed by atoms with E-state index in [1.807, 2.05) is 18.2 Å². The molecule has 0 radical (unpaired) electrons. The van der Waals surface area contributed by atoms with Gasteiger partial charge in [-0.25, -0.2) is 0 Å². The fraction of sp³-hybridized carbons (Fsp3) is 0.400. The minimum absolute atomic E-state index is 0.260. The van der Waals surface area contributed by atoms with E-state index in [0.29, 0.717) is 6.61 Å². The van der Waals surface area contributed by atoms with Crippen molar-refractivity contribution in [2.45, 2.75) is 12.5 Å². The Morgan fingerprint density at radius 2 is 2.38 bits per heavy atom. The molecule has 1 atom stereocenters. The second-order valence-corrected chi connectivity index (χ2v) is 3.17. The standard InChI is InChI=1S/C10H13NO2/c11-6-9(12)7-2-1-3-10-8(7)4-5-13-10/h1-3,9,12H,4-6,11H2. The highest BCUT2D eigenvalue weighted by molar-refractivity contribution is 5.43. The Morgan fingerprint density at radius 3 is 3.15 bits per heavy atom. The Kier molecular flexibility index (Phi) is 2.20. The van der Waals surface area contributed by atoms with E-state index in [1.54, 1.807) is 0 Å². The van der Waals surface area contributed by atoms with Crippen molar-refractivity contribution >= 4 is 0 Å². The smallest absolute Gasteiger partial charge is 0.122 e. The summed E-state index contributed by atoms with van der Waals surface area (Å²) in [4.78, 5) is 0. The molecule has 0 aliphatic carbocycles. The fourth-order valence-electron chi connectivity index (χ4n) is 1.69. The Balaban J connectivity index is 2.41. The lowest BCUT2D eigenvalue weighted by molar-refractivity contribution is 0.186. The molecule has 0 amide bonds. The number of benzene rings is 1. The number of nitrogens with two attached hydrogens (primary N) is 1. The summed E-state index contributed by atoms with van der Waals surface area (Å²) < 4.78 is 5.38. The molecule has 0 spiro atoms. The first kappa shape index (κ1) is 8.53. The van der Waals surface area contributed by atoms with E-state index in [0.717, 1.165) is 23.3 Å². The maximum atomic E-state index is 9.61. The molecule has 70 valence electrons. The quantitative estimate of drug-likeness (QED) is 0.699. The van der Waals surface area contributed by atoms with Crippen molar-refractivity contribution < 1.29 is 9.84 Å². The van der Waals surface area contributed by atoms with E-state index in [-0.39, 0.29) is 6.54 Å². The van der Waals surface area contributed by atoms with Gasteiger partial charge in [-0.1, -0.05) is 12.1 Å². The van der Waals surface area contributed by atoms with Crippen LogP contribution in [0.25, 0.3) is 0 Å². The van der Waals surface area contributed by atoms with Crippen molar-refractivity contribution in [1.82, 2.24) is 0 Å². The van der Waals surface area contributed by atoms with E-state index in [1.165, 1.54) is 0 Å². The number of aliphatic hydroxyl groups excluding tert-OH is 1. The van der Waals surface area contributed by atoms with Crippen LogP contribution in [0.3, 0.4) is 0 Å². The lowest BCUT2D eigenvalue weighted by Crippen LogP contribution is -2.12. The molecule has 13 heavy (non-hydrogen) atoms. The average molecular weight is 179 g/mol. The van der Waals surface area contributed by atoms with Crippen LogP contribution in [-0.2, 0) is 6.42 Å². The first-order chi connectivity index (χ1) is 6.33. The van der Waals surface area contributed by atoms with Gasteiger partial charge in [0.15, 0.2) is 0 Å². The Hall–Kier alpha value is -1.06. The van der Waals surface area contributed by atoms with Crippen LogP contribution >= 0.6 is 0 Å². The predicted molar refractivity (Wildman–Crippen MR) is 49.7 cm³/mol. The van der Waals surface area contributed by atoms with Crippen molar-refractivity contribution in [3.63, 3.8) is 0 Å². The normalized spacial score (nSPS) is 16.5. The minimum Gasteiger partial charge on any atom is -0.493 e. The second kappa shape index (κ2) is 3.36. The molecular formula is C10H13NO2. The molecule has 1 unspecified atom stereocenters. The summed E-state index contributed by atoms with van der Waals surface area (Å²) in [5, 5.41) is 9.61. The van der Waals surface area contributed by atoms with E-state index in [4.69, 9.17) is 10.5 Å². The van der Waals surface area contributed by atoms with Crippen LogP contribution < -0.4 is 10.5 Å². The van der Waals surface area contributed by atoms with E-state index >= 15 is 0 Å². The Labute approximate surface area is 77.1 Å². The number of ether oxygens (including phenoxy) is 1. The van der Waals surface area contributed by atoms with Crippen LogP contribution in [0, 0.1) is 0 Å². The van der Waals surface area contributed by atoms with Gasteiger partial charge in [0.05, 0.1) is 12.7 Å². The summed E-state index contributed by atoms with van der Waals surface area (Å²) >= 11 is 0. The zero-order valence-electron chi connectivity index (χ0n) is 7.36.